The summed E-state index contributed by atoms with van der Waals surface area (Å²) in [6.07, 6.45) is 3.32. The van der Waals surface area contributed by atoms with Crippen molar-refractivity contribution in [3.8, 4) is 0 Å². The summed E-state index contributed by atoms with van der Waals surface area (Å²) >= 11 is 0. The number of anilines is 1. The van der Waals surface area contributed by atoms with Crippen molar-refractivity contribution in [3.63, 3.8) is 0 Å². The Morgan fingerprint density at radius 2 is 2.00 bits per heavy atom. The number of amides is 1. The molecule has 0 aliphatic carbocycles. The van der Waals surface area contributed by atoms with Crippen LogP contribution in [0.2, 0.25) is 0 Å². The van der Waals surface area contributed by atoms with Crippen LogP contribution < -0.4 is 15.5 Å². The second-order valence-electron chi connectivity index (χ2n) is 6.40. The van der Waals surface area contributed by atoms with E-state index in [0.29, 0.717) is 19.5 Å². The summed E-state index contributed by atoms with van der Waals surface area (Å²) in [5, 5.41) is 14.6. The zero-order valence-corrected chi connectivity index (χ0v) is 18.7. The van der Waals surface area contributed by atoms with Gasteiger partial charge in [-0.15, -0.1) is 34.2 Å². The number of benzene rings is 1. The lowest BCUT2D eigenvalue weighted by Crippen LogP contribution is -2.37. The molecule has 9 heteroatoms. The van der Waals surface area contributed by atoms with Crippen LogP contribution in [0.3, 0.4) is 0 Å². The molecule has 0 atom stereocenters. The molecule has 3 rings (SSSR count). The predicted octanol–water partition coefficient (Wildman–Crippen LogP) is 2.30. The molecular formula is C19H28IN7O. The molecule has 1 aliphatic heterocycles. The van der Waals surface area contributed by atoms with Gasteiger partial charge in [0.05, 0.1) is 13.1 Å². The van der Waals surface area contributed by atoms with Gasteiger partial charge in [-0.25, -0.2) is 4.99 Å². The van der Waals surface area contributed by atoms with Crippen LogP contribution in [0.4, 0.5) is 5.69 Å². The van der Waals surface area contributed by atoms with Crippen molar-refractivity contribution in [3.05, 3.63) is 42.0 Å². The number of rotatable bonds is 7. The minimum Gasteiger partial charge on any atom is -0.357 e. The van der Waals surface area contributed by atoms with Gasteiger partial charge in [-0.1, -0.05) is 12.1 Å². The van der Waals surface area contributed by atoms with Gasteiger partial charge < -0.3 is 20.1 Å². The first-order chi connectivity index (χ1) is 13.2. The number of hydrogen-bond acceptors (Lipinski definition) is 4. The normalized spacial score (nSPS) is 14.1. The molecule has 2 N–H and O–H groups in total. The molecule has 1 aromatic carbocycles. The monoisotopic (exact) mass is 497 g/mol. The quantitative estimate of drug-likeness (QED) is 0.348. The minimum absolute atomic E-state index is 0. The Labute approximate surface area is 182 Å². The summed E-state index contributed by atoms with van der Waals surface area (Å²) in [7, 11) is 0. The van der Waals surface area contributed by atoms with E-state index in [9.17, 15) is 4.79 Å². The number of aryl methyl sites for hydroxylation is 1. The zero-order valence-electron chi connectivity index (χ0n) is 16.4. The van der Waals surface area contributed by atoms with Crippen LogP contribution in [0.5, 0.6) is 0 Å². The summed E-state index contributed by atoms with van der Waals surface area (Å²) in [6, 6.07) is 8.06. The fourth-order valence-corrected chi connectivity index (χ4v) is 3.06. The lowest BCUT2D eigenvalue weighted by molar-refractivity contribution is -0.117. The highest BCUT2D eigenvalue weighted by Gasteiger charge is 2.21. The van der Waals surface area contributed by atoms with Crippen LogP contribution in [0, 0.1) is 0 Å². The highest BCUT2D eigenvalue weighted by atomic mass is 127. The van der Waals surface area contributed by atoms with Gasteiger partial charge in [0.25, 0.3) is 0 Å². The molecule has 2 heterocycles. The number of guanidine groups is 1. The Morgan fingerprint density at radius 3 is 2.64 bits per heavy atom. The van der Waals surface area contributed by atoms with Crippen LogP contribution >= 0.6 is 24.0 Å². The second-order valence-corrected chi connectivity index (χ2v) is 6.40. The van der Waals surface area contributed by atoms with Crippen LogP contribution in [0.15, 0.2) is 35.6 Å². The first kappa shape index (κ1) is 22.1. The molecule has 152 valence electrons. The lowest BCUT2D eigenvalue weighted by Gasteiger charge is -2.16. The van der Waals surface area contributed by atoms with Crippen molar-refractivity contribution < 1.29 is 4.79 Å². The van der Waals surface area contributed by atoms with Gasteiger partial charge in [0.1, 0.15) is 6.33 Å². The van der Waals surface area contributed by atoms with Gasteiger partial charge in [-0.2, -0.15) is 0 Å². The van der Waals surface area contributed by atoms with E-state index in [1.807, 2.05) is 40.7 Å². The van der Waals surface area contributed by atoms with E-state index in [1.165, 1.54) is 0 Å². The fraction of sp³-hybridized carbons (Fsp3) is 0.474. The maximum atomic E-state index is 11.8. The largest absolute Gasteiger partial charge is 0.357 e. The van der Waals surface area contributed by atoms with Gasteiger partial charge in [0, 0.05) is 31.7 Å². The highest BCUT2D eigenvalue weighted by molar-refractivity contribution is 14.0. The fourth-order valence-electron chi connectivity index (χ4n) is 3.06. The lowest BCUT2D eigenvalue weighted by atomic mass is 10.2. The van der Waals surface area contributed by atoms with Crippen molar-refractivity contribution in [1.29, 1.82) is 0 Å². The molecular weight excluding hydrogens is 469 g/mol. The van der Waals surface area contributed by atoms with E-state index in [0.717, 1.165) is 49.1 Å². The average Bonchev–Trinajstić information content (AvgIpc) is 3.33. The highest BCUT2D eigenvalue weighted by Crippen LogP contribution is 2.21. The summed E-state index contributed by atoms with van der Waals surface area (Å²) < 4.78 is 1.99. The van der Waals surface area contributed by atoms with Gasteiger partial charge in [0.15, 0.2) is 11.8 Å². The molecule has 8 nitrogen and oxygen atoms in total. The summed E-state index contributed by atoms with van der Waals surface area (Å²) in [4.78, 5) is 18.3. The van der Waals surface area contributed by atoms with Crippen molar-refractivity contribution in [1.82, 2.24) is 25.4 Å². The third-order valence-electron chi connectivity index (χ3n) is 4.54. The van der Waals surface area contributed by atoms with E-state index in [1.54, 1.807) is 6.33 Å². The Balaban J connectivity index is 0.00000280. The van der Waals surface area contributed by atoms with E-state index < -0.39 is 0 Å². The number of aromatic nitrogens is 3. The minimum atomic E-state index is 0. The predicted molar refractivity (Wildman–Crippen MR) is 121 cm³/mol. The Bertz CT molecular complexity index is 788. The third kappa shape index (κ3) is 5.66. The number of carbonyl (C=O) groups is 1. The molecule has 2 aromatic rings. The van der Waals surface area contributed by atoms with Gasteiger partial charge in [-0.05, 0) is 38.0 Å². The van der Waals surface area contributed by atoms with Crippen LogP contribution in [-0.4, -0.2) is 39.7 Å². The standard InChI is InChI=1S/C19H27N7O.HI/c1-3-20-19(22-13-17-24-23-14-25(17)4-2)21-12-15-7-9-16(10-8-15)26-11-5-6-18(26)27;/h7-10,14H,3-6,11-13H2,1-2H3,(H2,20,21,22);1H. The summed E-state index contributed by atoms with van der Waals surface area (Å²) in [5.41, 5.74) is 2.06. The third-order valence-corrected chi connectivity index (χ3v) is 4.54. The molecule has 1 aliphatic rings. The van der Waals surface area contributed by atoms with Crippen LogP contribution in [-0.2, 0) is 24.4 Å². The second kappa shape index (κ2) is 11.0. The van der Waals surface area contributed by atoms with Crippen LogP contribution in [0.25, 0.3) is 0 Å². The summed E-state index contributed by atoms with van der Waals surface area (Å²) in [6.45, 7) is 7.65. The van der Waals surface area contributed by atoms with Crippen molar-refractivity contribution in [2.24, 2.45) is 4.99 Å². The smallest absolute Gasteiger partial charge is 0.227 e. The van der Waals surface area contributed by atoms with Crippen LogP contribution in [0.1, 0.15) is 38.1 Å². The molecule has 1 aromatic heterocycles. The van der Waals surface area contributed by atoms with E-state index in [2.05, 4.69) is 32.7 Å². The Hall–Kier alpha value is -2.17. The Kier molecular flexibility index (Phi) is 8.68. The molecule has 0 bridgehead atoms. The molecule has 0 radical (unpaired) electrons. The SMILES string of the molecule is CCNC(=NCc1ccc(N2CCCC2=O)cc1)NCc1nncn1CC.I. The maximum Gasteiger partial charge on any atom is 0.227 e. The molecule has 1 fully saturated rings. The number of aliphatic imine (C=N–C) groups is 1. The number of hydrogen-bond donors (Lipinski definition) is 2. The topological polar surface area (TPSA) is 87.4 Å². The number of nitrogens with one attached hydrogen (secondary N) is 2. The molecule has 0 saturated carbocycles. The van der Waals surface area contributed by atoms with Crippen molar-refractivity contribution >= 4 is 41.5 Å². The molecule has 0 unspecified atom stereocenters. The summed E-state index contributed by atoms with van der Waals surface area (Å²) in [5.74, 6) is 1.82. The average molecular weight is 497 g/mol. The first-order valence-corrected chi connectivity index (χ1v) is 9.49. The molecule has 1 amide bonds. The van der Waals surface area contributed by atoms with E-state index in [4.69, 9.17) is 0 Å². The van der Waals surface area contributed by atoms with Crippen molar-refractivity contribution in [2.45, 2.75) is 46.3 Å². The first-order valence-electron chi connectivity index (χ1n) is 9.49. The number of halogens is 1. The van der Waals surface area contributed by atoms with Crippen molar-refractivity contribution in [2.75, 3.05) is 18.0 Å². The van der Waals surface area contributed by atoms with Gasteiger partial charge in [-0.3, -0.25) is 4.79 Å². The van der Waals surface area contributed by atoms with E-state index in [-0.39, 0.29) is 29.9 Å². The maximum absolute atomic E-state index is 11.8. The van der Waals surface area contributed by atoms with Gasteiger partial charge in [0.2, 0.25) is 5.91 Å². The Morgan fingerprint density at radius 1 is 1.21 bits per heavy atom. The molecule has 28 heavy (non-hydrogen) atoms. The molecule has 0 spiro atoms. The number of nitrogens with zero attached hydrogens (tertiary/aromatic N) is 5. The molecule has 1 saturated heterocycles. The van der Waals surface area contributed by atoms with E-state index >= 15 is 0 Å². The zero-order chi connectivity index (χ0) is 19.1. The number of carbonyl (C=O) groups excluding carboxylic acids is 1. The van der Waals surface area contributed by atoms with Gasteiger partial charge >= 0.3 is 0 Å².